The fraction of sp³-hybridized carbons (Fsp3) is 0.435. The van der Waals surface area contributed by atoms with Crippen LogP contribution in [0, 0.1) is 0 Å². The van der Waals surface area contributed by atoms with Gasteiger partial charge in [-0.3, -0.25) is 14.5 Å². The Hall–Kier alpha value is -2.93. The van der Waals surface area contributed by atoms with Crippen molar-refractivity contribution in [2.45, 2.75) is 32.2 Å². The van der Waals surface area contributed by atoms with E-state index in [-0.39, 0.29) is 11.5 Å². The molecule has 7 nitrogen and oxygen atoms in total. The molecule has 1 amide bonds. The highest BCUT2D eigenvalue weighted by molar-refractivity contribution is 5.95. The Morgan fingerprint density at radius 3 is 2.67 bits per heavy atom. The van der Waals surface area contributed by atoms with Gasteiger partial charge in [0.25, 0.3) is 11.5 Å². The Labute approximate surface area is 175 Å². The molecule has 0 aromatic carbocycles. The normalized spacial score (nSPS) is 17.3. The fourth-order valence-electron chi connectivity index (χ4n) is 4.53. The fourth-order valence-corrected chi connectivity index (χ4v) is 4.53. The second-order valence-corrected chi connectivity index (χ2v) is 8.28. The minimum Gasteiger partial charge on any atom is -0.336 e. The van der Waals surface area contributed by atoms with E-state index in [2.05, 4.69) is 10.00 Å². The molecule has 1 saturated heterocycles. The first kappa shape index (κ1) is 19.1. The summed E-state index contributed by atoms with van der Waals surface area (Å²) in [6.45, 7) is 4.43. The van der Waals surface area contributed by atoms with E-state index in [0.29, 0.717) is 19.6 Å². The van der Waals surface area contributed by atoms with Gasteiger partial charge >= 0.3 is 0 Å². The van der Waals surface area contributed by atoms with Crippen molar-refractivity contribution in [3.05, 3.63) is 69.9 Å². The molecule has 5 rings (SSSR count). The average molecular weight is 406 g/mol. The predicted octanol–water partition coefficient (Wildman–Crippen LogP) is 1.83. The quantitative estimate of drug-likeness (QED) is 0.665. The van der Waals surface area contributed by atoms with Crippen molar-refractivity contribution in [2.75, 3.05) is 32.7 Å². The molecule has 0 saturated carbocycles. The van der Waals surface area contributed by atoms with E-state index >= 15 is 0 Å². The molecule has 0 radical (unpaired) electrons. The molecule has 7 heteroatoms. The monoisotopic (exact) mass is 405 g/mol. The van der Waals surface area contributed by atoms with Gasteiger partial charge in [-0.25, -0.2) is 4.68 Å². The third-order valence-electron chi connectivity index (χ3n) is 6.31. The highest BCUT2D eigenvalue weighted by Gasteiger charge is 2.23. The summed E-state index contributed by atoms with van der Waals surface area (Å²) in [5, 5.41) is 4.61. The summed E-state index contributed by atoms with van der Waals surface area (Å²) in [7, 11) is 0. The Kier molecular flexibility index (Phi) is 5.12. The van der Waals surface area contributed by atoms with Gasteiger partial charge in [0, 0.05) is 56.7 Å². The van der Waals surface area contributed by atoms with Gasteiger partial charge < -0.3 is 9.30 Å². The summed E-state index contributed by atoms with van der Waals surface area (Å²) >= 11 is 0. The largest absolute Gasteiger partial charge is 0.336 e. The molecule has 0 bridgehead atoms. The molecule has 30 heavy (non-hydrogen) atoms. The zero-order chi connectivity index (χ0) is 20.5. The first-order valence-corrected chi connectivity index (χ1v) is 10.9. The SMILES string of the molecule is O=C(c1cc2ccccn2c1)N1CCN(CCn2nc3c(cc2=O)CCCC3)CC1. The van der Waals surface area contributed by atoms with Gasteiger partial charge in [-0.2, -0.15) is 5.10 Å². The van der Waals surface area contributed by atoms with Crippen molar-refractivity contribution in [3.8, 4) is 0 Å². The van der Waals surface area contributed by atoms with Gasteiger partial charge in [-0.15, -0.1) is 0 Å². The number of aryl methyl sites for hydroxylation is 2. The minimum absolute atomic E-state index is 0.00485. The van der Waals surface area contributed by atoms with Crippen LogP contribution in [0.25, 0.3) is 5.52 Å². The van der Waals surface area contributed by atoms with Gasteiger partial charge in [0.05, 0.1) is 17.8 Å². The van der Waals surface area contributed by atoms with Gasteiger partial charge in [-0.05, 0) is 49.4 Å². The lowest BCUT2D eigenvalue weighted by Gasteiger charge is -2.34. The molecule has 0 spiro atoms. The van der Waals surface area contributed by atoms with Crippen LogP contribution in [0.1, 0.15) is 34.5 Å². The van der Waals surface area contributed by atoms with Gasteiger partial charge in [0.15, 0.2) is 0 Å². The highest BCUT2D eigenvalue weighted by atomic mass is 16.2. The zero-order valence-corrected chi connectivity index (χ0v) is 17.2. The number of amides is 1. The van der Waals surface area contributed by atoms with Crippen molar-refractivity contribution in [1.82, 2.24) is 24.0 Å². The van der Waals surface area contributed by atoms with Crippen molar-refractivity contribution in [1.29, 1.82) is 0 Å². The molecule has 0 N–H and O–H groups in total. The molecule has 4 heterocycles. The summed E-state index contributed by atoms with van der Waals surface area (Å²) in [5.41, 5.74) is 4.00. The molecule has 1 fully saturated rings. The van der Waals surface area contributed by atoms with Gasteiger partial charge in [-0.1, -0.05) is 6.07 Å². The van der Waals surface area contributed by atoms with Crippen LogP contribution >= 0.6 is 0 Å². The highest BCUT2D eigenvalue weighted by Crippen LogP contribution is 2.17. The molecule has 3 aromatic rings. The number of hydrogen-bond acceptors (Lipinski definition) is 4. The Morgan fingerprint density at radius 2 is 1.83 bits per heavy atom. The number of hydrogen-bond donors (Lipinski definition) is 0. The number of aromatic nitrogens is 3. The van der Waals surface area contributed by atoms with Crippen molar-refractivity contribution in [3.63, 3.8) is 0 Å². The summed E-state index contributed by atoms with van der Waals surface area (Å²) in [6, 6.07) is 9.67. The Morgan fingerprint density at radius 1 is 1.00 bits per heavy atom. The van der Waals surface area contributed by atoms with E-state index in [1.807, 2.05) is 46.0 Å². The predicted molar refractivity (Wildman–Crippen MR) is 115 cm³/mol. The third-order valence-corrected chi connectivity index (χ3v) is 6.31. The Bertz CT molecular complexity index is 1090. The van der Waals surface area contributed by atoms with Crippen LogP contribution in [0.5, 0.6) is 0 Å². The number of carbonyl (C=O) groups excluding carboxylic acids is 1. The second kappa shape index (κ2) is 8.07. The van der Waals surface area contributed by atoms with Crippen LogP contribution in [0.15, 0.2) is 47.5 Å². The third kappa shape index (κ3) is 3.77. The van der Waals surface area contributed by atoms with Crippen LogP contribution in [-0.4, -0.2) is 62.6 Å². The molecule has 156 valence electrons. The van der Waals surface area contributed by atoms with Crippen LogP contribution in [0.2, 0.25) is 0 Å². The summed E-state index contributed by atoms with van der Waals surface area (Å²) in [6.07, 6.45) is 8.13. The van der Waals surface area contributed by atoms with Crippen molar-refractivity contribution < 1.29 is 4.79 Å². The van der Waals surface area contributed by atoms with E-state index in [4.69, 9.17) is 0 Å². The first-order valence-electron chi connectivity index (χ1n) is 10.9. The summed E-state index contributed by atoms with van der Waals surface area (Å²) < 4.78 is 3.60. The molecular weight excluding hydrogens is 378 g/mol. The standard InChI is InChI=1S/C23H27N5O2/c29-22-16-18-5-1-2-7-21(18)24-28(22)14-11-25-9-12-26(13-10-25)23(30)19-15-20-6-3-4-8-27(20)17-19/h3-4,6,8,15-17H,1-2,5,7,9-14H2. The van der Waals surface area contributed by atoms with E-state index in [1.54, 1.807) is 10.7 Å². The first-order chi connectivity index (χ1) is 14.7. The van der Waals surface area contributed by atoms with E-state index in [9.17, 15) is 9.59 Å². The van der Waals surface area contributed by atoms with Gasteiger partial charge in [0.1, 0.15) is 0 Å². The maximum Gasteiger partial charge on any atom is 0.267 e. The lowest BCUT2D eigenvalue weighted by Crippen LogP contribution is -2.49. The number of pyridine rings is 1. The zero-order valence-electron chi connectivity index (χ0n) is 17.2. The number of piperazine rings is 1. The lowest BCUT2D eigenvalue weighted by atomic mass is 9.97. The van der Waals surface area contributed by atoms with Crippen LogP contribution in [0.3, 0.4) is 0 Å². The van der Waals surface area contributed by atoms with Crippen LogP contribution < -0.4 is 5.56 Å². The van der Waals surface area contributed by atoms with Gasteiger partial charge in [0.2, 0.25) is 0 Å². The second-order valence-electron chi connectivity index (χ2n) is 8.28. The molecule has 1 aliphatic heterocycles. The molecule has 3 aromatic heterocycles. The van der Waals surface area contributed by atoms with Crippen molar-refractivity contribution in [2.24, 2.45) is 0 Å². The van der Waals surface area contributed by atoms with Crippen LogP contribution in [0.4, 0.5) is 0 Å². The maximum absolute atomic E-state index is 12.9. The van der Waals surface area contributed by atoms with E-state index in [1.165, 1.54) is 0 Å². The average Bonchev–Trinajstić information content (AvgIpc) is 3.22. The van der Waals surface area contributed by atoms with E-state index < -0.39 is 0 Å². The number of nitrogens with zero attached hydrogens (tertiary/aromatic N) is 5. The molecule has 2 aliphatic rings. The van der Waals surface area contributed by atoms with Crippen molar-refractivity contribution >= 4 is 11.4 Å². The smallest absolute Gasteiger partial charge is 0.267 e. The molecule has 0 atom stereocenters. The number of rotatable bonds is 4. The van der Waals surface area contributed by atoms with Crippen LogP contribution in [-0.2, 0) is 19.4 Å². The Balaban J connectivity index is 1.17. The number of fused-ring (bicyclic) bond motifs is 2. The maximum atomic E-state index is 12.9. The summed E-state index contributed by atoms with van der Waals surface area (Å²) in [5.74, 6) is 0.0888. The molecule has 0 unspecified atom stereocenters. The number of carbonyl (C=O) groups is 1. The minimum atomic E-state index is 0.00485. The molecular formula is C23H27N5O2. The molecule has 1 aliphatic carbocycles. The lowest BCUT2D eigenvalue weighted by molar-refractivity contribution is 0.0631. The van der Waals surface area contributed by atoms with E-state index in [0.717, 1.165) is 67.7 Å². The summed E-state index contributed by atoms with van der Waals surface area (Å²) in [4.78, 5) is 29.5. The topological polar surface area (TPSA) is 62.9 Å².